The average Bonchev–Trinajstić information content (AvgIpc) is 3.84. The minimum absolute atomic E-state index is 0.585. The molecule has 0 N–H and O–H groups in total. The van der Waals surface area contributed by atoms with E-state index in [1.807, 2.05) is 29.5 Å². The highest BCUT2D eigenvalue weighted by Crippen LogP contribution is 2.40. The summed E-state index contributed by atoms with van der Waals surface area (Å²) in [5.74, 6) is 1.86. The highest BCUT2D eigenvalue weighted by atomic mass is 32.1. The van der Waals surface area contributed by atoms with Crippen molar-refractivity contribution in [3.05, 3.63) is 164 Å². The zero-order chi connectivity index (χ0) is 33.5. The van der Waals surface area contributed by atoms with Crippen molar-refractivity contribution in [3.63, 3.8) is 0 Å². The summed E-state index contributed by atoms with van der Waals surface area (Å²) < 4.78 is 7.10. The summed E-state index contributed by atoms with van der Waals surface area (Å²) in [5.41, 5.74) is 7.41. The third kappa shape index (κ3) is 4.30. The van der Waals surface area contributed by atoms with E-state index >= 15 is 0 Å². The molecule has 0 saturated heterocycles. The van der Waals surface area contributed by atoms with Crippen LogP contribution in [0.1, 0.15) is 0 Å². The summed E-state index contributed by atoms with van der Waals surface area (Å²) >= 11 is 1.81. The van der Waals surface area contributed by atoms with E-state index in [9.17, 15) is 0 Å². The molecule has 0 aliphatic heterocycles. The van der Waals surface area contributed by atoms with Gasteiger partial charge < -0.3 is 4.57 Å². The molecule has 11 aromatic rings. The first-order valence-electron chi connectivity index (χ1n) is 17.0. The van der Waals surface area contributed by atoms with E-state index in [4.69, 9.17) is 15.0 Å². The van der Waals surface area contributed by atoms with Crippen LogP contribution in [0.2, 0.25) is 0 Å². The van der Waals surface area contributed by atoms with E-state index in [1.54, 1.807) is 0 Å². The van der Waals surface area contributed by atoms with Gasteiger partial charge in [0.25, 0.3) is 0 Å². The van der Waals surface area contributed by atoms with Crippen molar-refractivity contribution in [2.45, 2.75) is 0 Å². The Bertz CT molecular complexity index is 3140. The van der Waals surface area contributed by atoms with Gasteiger partial charge >= 0.3 is 0 Å². The van der Waals surface area contributed by atoms with Gasteiger partial charge in [0.2, 0.25) is 5.95 Å². The monoisotopic (exact) mass is 669 g/mol. The predicted octanol–water partition coefficient (Wildman–Crippen LogP) is 11.8. The maximum absolute atomic E-state index is 5.28. The summed E-state index contributed by atoms with van der Waals surface area (Å²) in [6, 6.07) is 57.8. The minimum atomic E-state index is 0.585. The third-order valence-corrected chi connectivity index (χ3v) is 11.1. The number of hydrogen-bond donors (Lipinski definition) is 0. The number of aromatic nitrogens is 5. The number of para-hydroxylation sites is 3. The first-order chi connectivity index (χ1) is 25.3. The van der Waals surface area contributed by atoms with Gasteiger partial charge in [-0.3, -0.25) is 4.57 Å². The molecule has 0 bridgehead atoms. The Morgan fingerprint density at radius 1 is 0.353 bits per heavy atom. The second-order valence-electron chi connectivity index (χ2n) is 12.9. The lowest BCUT2D eigenvalue weighted by Gasteiger charge is -2.12. The number of fused-ring (bicyclic) bond motifs is 9. The Balaban J connectivity index is 1.23. The molecule has 238 valence electrons. The SMILES string of the molecule is c1ccc(-c2nc(-c3ccc4sc5ccccc5c4c3)nc(-n3c4ccccc4c4cc5c6ccccc6n(-c6ccccc6)c5cc43)n2)cc1. The lowest BCUT2D eigenvalue weighted by atomic mass is 10.1. The van der Waals surface area contributed by atoms with E-state index in [-0.39, 0.29) is 0 Å². The molecule has 5 nitrogen and oxygen atoms in total. The van der Waals surface area contributed by atoms with Gasteiger partial charge in [-0.1, -0.05) is 103 Å². The molecule has 7 aromatic carbocycles. The smallest absolute Gasteiger partial charge is 0.238 e. The molecule has 4 aromatic heterocycles. The summed E-state index contributed by atoms with van der Waals surface area (Å²) in [6.07, 6.45) is 0. The van der Waals surface area contributed by atoms with E-state index < -0.39 is 0 Å². The van der Waals surface area contributed by atoms with Gasteiger partial charge in [0.1, 0.15) is 0 Å². The third-order valence-electron chi connectivity index (χ3n) is 9.97. The fourth-order valence-corrected chi connectivity index (χ4v) is 8.76. The first kappa shape index (κ1) is 28.2. The topological polar surface area (TPSA) is 48.5 Å². The second-order valence-corrected chi connectivity index (χ2v) is 14.0. The van der Waals surface area contributed by atoms with Gasteiger partial charge in [0.05, 0.1) is 22.1 Å². The highest BCUT2D eigenvalue weighted by molar-refractivity contribution is 7.25. The molecule has 0 unspecified atom stereocenters. The highest BCUT2D eigenvalue weighted by Gasteiger charge is 2.21. The summed E-state index contributed by atoms with van der Waals surface area (Å²) in [4.78, 5) is 15.6. The van der Waals surface area contributed by atoms with Crippen LogP contribution in [-0.2, 0) is 0 Å². The fourth-order valence-electron chi connectivity index (χ4n) is 7.68. The van der Waals surface area contributed by atoms with Crippen LogP contribution in [0.15, 0.2) is 164 Å². The normalized spacial score (nSPS) is 11.9. The first-order valence-corrected chi connectivity index (χ1v) is 17.9. The molecule has 0 fully saturated rings. The molecule has 11 rings (SSSR count). The van der Waals surface area contributed by atoms with Crippen LogP contribution in [0.5, 0.6) is 0 Å². The van der Waals surface area contributed by atoms with Gasteiger partial charge in [-0.2, -0.15) is 9.97 Å². The molecule has 0 spiro atoms. The molecule has 0 saturated carbocycles. The molecular formula is C45H27N5S. The van der Waals surface area contributed by atoms with Crippen LogP contribution in [0.3, 0.4) is 0 Å². The molecule has 6 heteroatoms. The maximum Gasteiger partial charge on any atom is 0.238 e. The van der Waals surface area contributed by atoms with Crippen molar-refractivity contribution in [3.8, 4) is 34.4 Å². The molecular weight excluding hydrogens is 643 g/mol. The van der Waals surface area contributed by atoms with Gasteiger partial charge in [-0.15, -0.1) is 11.3 Å². The van der Waals surface area contributed by atoms with Gasteiger partial charge in [0.15, 0.2) is 11.6 Å². The number of nitrogens with zero attached hydrogens (tertiary/aromatic N) is 5. The molecule has 4 heterocycles. The Hall–Kier alpha value is -6.63. The molecule has 0 aliphatic carbocycles. The molecule has 0 radical (unpaired) electrons. The average molecular weight is 670 g/mol. The number of rotatable bonds is 4. The van der Waals surface area contributed by atoms with E-state index in [1.165, 1.54) is 36.5 Å². The van der Waals surface area contributed by atoms with E-state index in [2.05, 4.69) is 155 Å². The Morgan fingerprint density at radius 3 is 1.67 bits per heavy atom. The lowest BCUT2D eigenvalue weighted by Crippen LogP contribution is -2.06. The number of thiophene rings is 1. The van der Waals surface area contributed by atoms with Gasteiger partial charge in [0, 0.05) is 58.5 Å². The van der Waals surface area contributed by atoms with Crippen LogP contribution in [0, 0.1) is 0 Å². The quantitative estimate of drug-likeness (QED) is 0.187. The van der Waals surface area contributed by atoms with Crippen LogP contribution in [0.25, 0.3) is 98.2 Å². The summed E-state index contributed by atoms with van der Waals surface area (Å²) in [7, 11) is 0. The Kier molecular flexibility index (Phi) is 6.05. The maximum atomic E-state index is 5.28. The predicted molar refractivity (Wildman–Crippen MR) is 212 cm³/mol. The number of hydrogen-bond acceptors (Lipinski definition) is 4. The van der Waals surface area contributed by atoms with Crippen molar-refractivity contribution < 1.29 is 0 Å². The molecule has 0 aliphatic rings. The van der Waals surface area contributed by atoms with Crippen molar-refractivity contribution in [2.24, 2.45) is 0 Å². The van der Waals surface area contributed by atoms with Crippen molar-refractivity contribution in [1.82, 2.24) is 24.1 Å². The molecule has 0 amide bonds. The standard InChI is InChI=1S/C45H27N5S/c1-3-13-28(14-4-1)43-46-44(29-23-24-42-36(25-29)33-19-9-12-22-41(33)51-42)48-45(47-43)50-38-21-11-8-18-32(38)35-26-34-31-17-7-10-20-37(31)49(39(34)27-40(35)50)30-15-5-2-6-16-30/h1-27H. The fraction of sp³-hybridized carbons (Fsp3) is 0. The van der Waals surface area contributed by atoms with E-state index in [0.717, 1.165) is 44.1 Å². The Morgan fingerprint density at radius 2 is 0.922 bits per heavy atom. The van der Waals surface area contributed by atoms with Crippen LogP contribution >= 0.6 is 11.3 Å². The largest absolute Gasteiger partial charge is 0.309 e. The van der Waals surface area contributed by atoms with Crippen LogP contribution in [0.4, 0.5) is 0 Å². The van der Waals surface area contributed by atoms with Crippen molar-refractivity contribution >= 4 is 75.1 Å². The Labute approximate surface area is 296 Å². The van der Waals surface area contributed by atoms with Crippen molar-refractivity contribution in [2.75, 3.05) is 0 Å². The second kappa shape index (κ2) is 10.9. The lowest BCUT2D eigenvalue weighted by molar-refractivity contribution is 0.954. The zero-order valence-corrected chi connectivity index (χ0v) is 28.0. The number of benzene rings is 7. The zero-order valence-electron chi connectivity index (χ0n) is 27.2. The summed E-state index contributed by atoms with van der Waals surface area (Å²) in [6.45, 7) is 0. The molecule has 51 heavy (non-hydrogen) atoms. The van der Waals surface area contributed by atoms with Gasteiger partial charge in [-0.05, 0) is 60.7 Å². The van der Waals surface area contributed by atoms with Crippen LogP contribution < -0.4 is 0 Å². The minimum Gasteiger partial charge on any atom is -0.309 e. The van der Waals surface area contributed by atoms with Crippen LogP contribution in [-0.4, -0.2) is 24.1 Å². The van der Waals surface area contributed by atoms with Gasteiger partial charge in [-0.25, -0.2) is 4.98 Å². The summed E-state index contributed by atoms with van der Waals surface area (Å²) in [5, 5.41) is 7.20. The molecule has 0 atom stereocenters. The van der Waals surface area contributed by atoms with Crippen molar-refractivity contribution in [1.29, 1.82) is 0 Å². The van der Waals surface area contributed by atoms with E-state index in [0.29, 0.717) is 17.6 Å².